The summed E-state index contributed by atoms with van der Waals surface area (Å²) in [5.41, 5.74) is 2.65. The Morgan fingerprint density at radius 2 is 1.78 bits per heavy atom. The molecule has 0 unspecified atom stereocenters. The average Bonchev–Trinajstić information content (AvgIpc) is 2.98. The molecule has 0 spiro atoms. The minimum Gasteiger partial charge on any atom is -0.367 e. The Labute approximate surface area is 158 Å². The summed E-state index contributed by atoms with van der Waals surface area (Å²) >= 11 is 0. The van der Waals surface area contributed by atoms with Gasteiger partial charge in [-0.1, -0.05) is 30.3 Å². The number of aromatic nitrogens is 4. The number of hydrogen-bond acceptors (Lipinski definition) is 6. The first kappa shape index (κ1) is 19.0. The molecule has 0 aliphatic heterocycles. The Morgan fingerprint density at radius 3 is 2.41 bits per heavy atom. The van der Waals surface area contributed by atoms with E-state index in [2.05, 4.69) is 25.3 Å². The predicted octanol–water partition coefficient (Wildman–Crippen LogP) is 1.81. The lowest BCUT2D eigenvalue weighted by Crippen LogP contribution is -2.30. The van der Waals surface area contributed by atoms with E-state index >= 15 is 0 Å². The Bertz CT molecular complexity index is 984. The highest BCUT2D eigenvalue weighted by Gasteiger charge is 2.10. The molecule has 0 atom stereocenters. The number of aryl methyl sites for hydroxylation is 2. The number of rotatable bonds is 8. The SMILES string of the molecule is Cc1cc(C)n(-c2ccc(NCCNS(=O)(=O)Cc3ccccc3)nn2)n1. The fraction of sp³-hybridized carbons (Fsp3) is 0.278. The fourth-order valence-electron chi connectivity index (χ4n) is 2.64. The van der Waals surface area contributed by atoms with Gasteiger partial charge in [-0.25, -0.2) is 17.8 Å². The third-order valence-electron chi connectivity index (χ3n) is 3.83. The molecule has 0 amide bonds. The fourth-order valence-corrected chi connectivity index (χ4v) is 3.78. The van der Waals surface area contributed by atoms with Gasteiger partial charge in [-0.05, 0) is 37.6 Å². The first-order valence-corrected chi connectivity index (χ1v) is 10.2. The number of nitrogens with zero attached hydrogens (tertiary/aromatic N) is 4. The molecule has 2 N–H and O–H groups in total. The maximum atomic E-state index is 12.1. The molecule has 3 rings (SSSR count). The lowest BCUT2D eigenvalue weighted by molar-refractivity contribution is 0.582. The Morgan fingerprint density at radius 1 is 1.00 bits per heavy atom. The van der Waals surface area contributed by atoms with Gasteiger partial charge in [0.1, 0.15) is 5.82 Å². The van der Waals surface area contributed by atoms with Crippen LogP contribution in [0.15, 0.2) is 48.5 Å². The van der Waals surface area contributed by atoms with E-state index in [1.54, 1.807) is 22.9 Å². The minimum atomic E-state index is -3.37. The molecule has 1 aromatic carbocycles. The molecule has 0 bridgehead atoms. The third kappa shape index (κ3) is 5.35. The van der Waals surface area contributed by atoms with Gasteiger partial charge in [0.15, 0.2) is 5.82 Å². The van der Waals surface area contributed by atoms with Crippen LogP contribution in [0, 0.1) is 13.8 Å². The monoisotopic (exact) mass is 386 g/mol. The van der Waals surface area contributed by atoms with Crippen molar-refractivity contribution in [3.8, 4) is 5.82 Å². The van der Waals surface area contributed by atoms with Crippen LogP contribution in [0.25, 0.3) is 5.82 Å². The molecule has 27 heavy (non-hydrogen) atoms. The van der Waals surface area contributed by atoms with Crippen LogP contribution in [0.5, 0.6) is 0 Å². The van der Waals surface area contributed by atoms with Crippen molar-refractivity contribution in [2.24, 2.45) is 0 Å². The predicted molar refractivity (Wildman–Crippen MR) is 104 cm³/mol. The Kier molecular flexibility index (Phi) is 5.82. The van der Waals surface area contributed by atoms with Crippen LogP contribution in [-0.4, -0.2) is 41.5 Å². The first-order valence-electron chi connectivity index (χ1n) is 8.55. The van der Waals surface area contributed by atoms with Crippen molar-refractivity contribution in [1.82, 2.24) is 24.7 Å². The van der Waals surface area contributed by atoms with Crippen molar-refractivity contribution in [1.29, 1.82) is 0 Å². The van der Waals surface area contributed by atoms with E-state index in [4.69, 9.17) is 0 Å². The highest BCUT2D eigenvalue weighted by atomic mass is 32.2. The summed E-state index contributed by atoms with van der Waals surface area (Å²) in [7, 11) is -3.37. The number of anilines is 1. The summed E-state index contributed by atoms with van der Waals surface area (Å²) in [5.74, 6) is 1.17. The van der Waals surface area contributed by atoms with E-state index in [9.17, 15) is 8.42 Å². The summed E-state index contributed by atoms with van der Waals surface area (Å²) in [6.07, 6.45) is 0. The maximum Gasteiger partial charge on any atom is 0.215 e. The summed E-state index contributed by atoms with van der Waals surface area (Å²) in [4.78, 5) is 0. The summed E-state index contributed by atoms with van der Waals surface area (Å²) in [6, 6.07) is 14.6. The lowest BCUT2D eigenvalue weighted by atomic mass is 10.2. The van der Waals surface area contributed by atoms with Gasteiger partial charge >= 0.3 is 0 Å². The molecule has 9 heteroatoms. The van der Waals surface area contributed by atoms with Crippen molar-refractivity contribution in [2.75, 3.05) is 18.4 Å². The molecule has 0 saturated carbocycles. The molecule has 0 fully saturated rings. The molecule has 2 aromatic heterocycles. The van der Waals surface area contributed by atoms with Crippen molar-refractivity contribution < 1.29 is 8.42 Å². The highest BCUT2D eigenvalue weighted by molar-refractivity contribution is 7.88. The minimum absolute atomic E-state index is 0.0367. The van der Waals surface area contributed by atoms with Crippen LogP contribution in [-0.2, 0) is 15.8 Å². The molecular formula is C18H22N6O2S. The molecule has 0 aliphatic carbocycles. The van der Waals surface area contributed by atoms with Crippen molar-refractivity contribution in [3.63, 3.8) is 0 Å². The standard InChI is InChI=1S/C18H22N6O2S/c1-14-12-15(2)24(23-14)18-9-8-17(21-22-18)19-10-11-20-27(25,26)13-16-6-4-3-5-7-16/h3-9,12,20H,10-11,13H2,1-2H3,(H,19,21). The van der Waals surface area contributed by atoms with Gasteiger partial charge in [-0.3, -0.25) is 0 Å². The van der Waals surface area contributed by atoms with Gasteiger partial charge in [0.05, 0.1) is 11.4 Å². The van der Waals surface area contributed by atoms with Crippen LogP contribution in [0.1, 0.15) is 17.0 Å². The summed E-state index contributed by atoms with van der Waals surface area (Å²) in [6.45, 7) is 4.54. The molecule has 3 aromatic rings. The van der Waals surface area contributed by atoms with Gasteiger partial charge in [0, 0.05) is 18.8 Å². The van der Waals surface area contributed by atoms with E-state index < -0.39 is 10.0 Å². The zero-order valence-corrected chi connectivity index (χ0v) is 16.1. The molecular weight excluding hydrogens is 364 g/mol. The van der Waals surface area contributed by atoms with Crippen LogP contribution in [0.3, 0.4) is 0 Å². The van der Waals surface area contributed by atoms with Gasteiger partial charge in [0.25, 0.3) is 0 Å². The molecule has 8 nitrogen and oxygen atoms in total. The van der Waals surface area contributed by atoms with Crippen LogP contribution < -0.4 is 10.0 Å². The van der Waals surface area contributed by atoms with Crippen LogP contribution in [0.4, 0.5) is 5.82 Å². The van der Waals surface area contributed by atoms with Gasteiger partial charge < -0.3 is 5.32 Å². The first-order chi connectivity index (χ1) is 12.9. The lowest BCUT2D eigenvalue weighted by Gasteiger charge is -2.09. The van der Waals surface area contributed by atoms with Gasteiger partial charge in [-0.15, -0.1) is 10.2 Å². The molecule has 142 valence electrons. The Hall–Kier alpha value is -2.78. The number of sulfonamides is 1. The number of nitrogens with one attached hydrogen (secondary N) is 2. The summed E-state index contributed by atoms with van der Waals surface area (Å²) < 4.78 is 28.4. The smallest absolute Gasteiger partial charge is 0.215 e. The quantitative estimate of drug-likeness (QED) is 0.573. The van der Waals surface area contributed by atoms with E-state index in [1.807, 2.05) is 44.2 Å². The third-order valence-corrected chi connectivity index (χ3v) is 5.19. The zero-order valence-electron chi connectivity index (χ0n) is 15.3. The average molecular weight is 386 g/mol. The topological polar surface area (TPSA) is 102 Å². The van der Waals surface area contributed by atoms with Crippen LogP contribution in [0.2, 0.25) is 0 Å². The number of hydrogen-bond donors (Lipinski definition) is 2. The van der Waals surface area contributed by atoms with E-state index in [-0.39, 0.29) is 12.3 Å². The second-order valence-corrected chi connectivity index (χ2v) is 7.99. The zero-order chi connectivity index (χ0) is 19.3. The maximum absolute atomic E-state index is 12.1. The normalized spacial score (nSPS) is 11.5. The molecule has 0 saturated heterocycles. The largest absolute Gasteiger partial charge is 0.367 e. The summed E-state index contributed by atoms with van der Waals surface area (Å²) in [5, 5.41) is 15.7. The van der Waals surface area contributed by atoms with Gasteiger partial charge in [-0.2, -0.15) is 5.10 Å². The van der Waals surface area contributed by atoms with E-state index in [1.165, 1.54) is 0 Å². The second kappa shape index (κ2) is 8.28. The molecule has 0 radical (unpaired) electrons. The van der Waals surface area contributed by atoms with E-state index in [0.29, 0.717) is 18.2 Å². The van der Waals surface area contributed by atoms with Crippen LogP contribution >= 0.6 is 0 Å². The second-order valence-electron chi connectivity index (χ2n) is 6.18. The van der Waals surface area contributed by atoms with Crippen molar-refractivity contribution in [2.45, 2.75) is 19.6 Å². The molecule has 2 heterocycles. The van der Waals surface area contributed by atoms with E-state index in [0.717, 1.165) is 17.0 Å². The van der Waals surface area contributed by atoms with Crippen molar-refractivity contribution in [3.05, 3.63) is 65.5 Å². The van der Waals surface area contributed by atoms with Crippen molar-refractivity contribution >= 4 is 15.8 Å². The highest BCUT2D eigenvalue weighted by Crippen LogP contribution is 2.10. The van der Waals surface area contributed by atoms with Gasteiger partial charge in [0.2, 0.25) is 10.0 Å². The Balaban J connectivity index is 1.48. The number of benzene rings is 1. The molecule has 0 aliphatic rings.